The smallest absolute Gasteiger partial charge is 0.0348 e. The van der Waals surface area contributed by atoms with E-state index in [4.69, 9.17) is 0 Å². The van der Waals surface area contributed by atoms with Gasteiger partial charge < -0.3 is 0 Å². The Labute approximate surface area is 95.4 Å². The fourth-order valence-corrected chi connectivity index (χ4v) is 0.725. The monoisotopic (exact) mass is 204 g/mol. The lowest BCUT2D eigenvalue weighted by Gasteiger charge is -1.71. The first-order valence-corrected chi connectivity index (χ1v) is 5.35. The van der Waals surface area contributed by atoms with Gasteiger partial charge in [-0.3, -0.25) is 0 Å². The first-order chi connectivity index (χ1) is 7.18. The van der Waals surface area contributed by atoms with Crippen LogP contribution in [0.1, 0.15) is 33.1 Å². The van der Waals surface area contributed by atoms with Crippen molar-refractivity contribution in [3.63, 3.8) is 0 Å². The van der Waals surface area contributed by atoms with Crippen molar-refractivity contribution in [3.8, 4) is 0 Å². The number of rotatable bonds is 2. The molecular weight excluding hydrogens is 180 g/mol. The summed E-state index contributed by atoms with van der Waals surface area (Å²) in [4.78, 5) is 0. The molecule has 1 aliphatic rings. The molecule has 0 heterocycles. The van der Waals surface area contributed by atoms with Crippen molar-refractivity contribution in [1.29, 1.82) is 0 Å². The van der Waals surface area contributed by atoms with E-state index < -0.39 is 0 Å². The Morgan fingerprint density at radius 2 is 1.67 bits per heavy atom. The molecule has 0 saturated carbocycles. The predicted molar refractivity (Wildman–Crippen MR) is 73.0 cm³/mol. The molecule has 1 rings (SSSR count). The lowest BCUT2D eigenvalue weighted by molar-refractivity contribution is 0.929. The van der Waals surface area contributed by atoms with Gasteiger partial charge in [-0.1, -0.05) is 61.8 Å². The summed E-state index contributed by atoms with van der Waals surface area (Å²) in [6.45, 7) is 14.3. The quantitative estimate of drug-likeness (QED) is 0.427. The Kier molecular flexibility index (Phi) is 16.3. The maximum atomic E-state index is 3.56. The lowest BCUT2D eigenvalue weighted by Crippen LogP contribution is -1.50. The van der Waals surface area contributed by atoms with Crippen LogP contribution in [0.3, 0.4) is 0 Å². The van der Waals surface area contributed by atoms with Crippen LogP contribution < -0.4 is 0 Å². The van der Waals surface area contributed by atoms with E-state index in [1.165, 1.54) is 19.3 Å². The molecule has 0 bridgehead atoms. The standard InChI is InChI=1S/3C5H8/c1-2-4-5-3-1;1-4-5(2)3;1-3-5-4-2/h1-2H,3-5H2;4H,1-2H2,3H3;3-5H,1H2,2H3. The van der Waals surface area contributed by atoms with Crippen LogP contribution in [-0.2, 0) is 0 Å². The summed E-state index contributed by atoms with van der Waals surface area (Å²) in [6.07, 6.45) is 15.8. The molecule has 0 heteroatoms. The topological polar surface area (TPSA) is 0 Å². The molecule has 0 radical (unpaired) electrons. The molecule has 0 aliphatic heterocycles. The molecule has 0 saturated heterocycles. The third kappa shape index (κ3) is 24.5. The highest BCUT2D eigenvalue weighted by Crippen LogP contribution is 2.05. The third-order valence-electron chi connectivity index (χ3n) is 1.59. The van der Waals surface area contributed by atoms with Crippen LogP contribution in [0.2, 0.25) is 0 Å². The summed E-state index contributed by atoms with van der Waals surface area (Å²) in [5.74, 6) is 0. The average Bonchev–Trinajstić information content (AvgIpc) is 2.78. The first-order valence-electron chi connectivity index (χ1n) is 5.35. The highest BCUT2D eigenvalue weighted by atomic mass is 13.9. The van der Waals surface area contributed by atoms with E-state index in [0.29, 0.717) is 0 Å². The van der Waals surface area contributed by atoms with E-state index in [1.807, 2.05) is 26.0 Å². The van der Waals surface area contributed by atoms with Crippen LogP contribution in [0.25, 0.3) is 0 Å². The first kappa shape index (κ1) is 16.1. The summed E-state index contributed by atoms with van der Waals surface area (Å²) in [5.41, 5.74) is 1.02. The molecule has 0 amide bonds. The second-order valence-corrected chi connectivity index (χ2v) is 3.21. The average molecular weight is 204 g/mol. The summed E-state index contributed by atoms with van der Waals surface area (Å²) in [6, 6.07) is 0. The molecule has 1 aliphatic carbocycles. The Balaban J connectivity index is 0. The van der Waals surface area contributed by atoms with Gasteiger partial charge in [0, 0.05) is 0 Å². The van der Waals surface area contributed by atoms with Crippen LogP contribution in [0.4, 0.5) is 0 Å². The minimum atomic E-state index is 1.02. The van der Waals surface area contributed by atoms with Crippen molar-refractivity contribution in [2.75, 3.05) is 0 Å². The molecule has 0 spiro atoms. The Hall–Kier alpha value is -1.30. The second-order valence-electron chi connectivity index (χ2n) is 3.21. The van der Waals surface area contributed by atoms with Crippen molar-refractivity contribution in [3.05, 3.63) is 61.8 Å². The van der Waals surface area contributed by atoms with E-state index in [1.54, 1.807) is 12.2 Å². The van der Waals surface area contributed by atoms with Crippen molar-refractivity contribution in [2.45, 2.75) is 33.1 Å². The van der Waals surface area contributed by atoms with Crippen LogP contribution in [0.15, 0.2) is 61.8 Å². The largest absolute Gasteiger partial charge is 0.0991 e. The molecule has 0 unspecified atom stereocenters. The highest BCUT2D eigenvalue weighted by molar-refractivity contribution is 5.05. The van der Waals surface area contributed by atoms with Crippen LogP contribution in [-0.4, -0.2) is 0 Å². The minimum absolute atomic E-state index is 1.02. The van der Waals surface area contributed by atoms with Gasteiger partial charge in [0.2, 0.25) is 0 Å². The number of allylic oxidation sites excluding steroid dienone is 7. The molecule has 0 atom stereocenters. The van der Waals surface area contributed by atoms with Gasteiger partial charge >= 0.3 is 0 Å². The fourth-order valence-electron chi connectivity index (χ4n) is 0.725. The van der Waals surface area contributed by atoms with Gasteiger partial charge in [0.1, 0.15) is 0 Å². The molecule has 0 fully saturated rings. The van der Waals surface area contributed by atoms with Gasteiger partial charge in [-0.05, 0) is 33.1 Å². The third-order valence-corrected chi connectivity index (χ3v) is 1.59. The molecule has 0 nitrogen and oxygen atoms in total. The lowest BCUT2D eigenvalue weighted by atomic mass is 10.4. The van der Waals surface area contributed by atoms with Crippen LogP contribution >= 0.6 is 0 Å². The van der Waals surface area contributed by atoms with Crippen molar-refractivity contribution >= 4 is 0 Å². The van der Waals surface area contributed by atoms with Gasteiger partial charge in [0.05, 0.1) is 0 Å². The zero-order valence-electron chi connectivity index (χ0n) is 10.2. The Morgan fingerprint density at radius 3 is 1.73 bits per heavy atom. The summed E-state index contributed by atoms with van der Waals surface area (Å²) in [7, 11) is 0. The van der Waals surface area contributed by atoms with E-state index in [0.717, 1.165) is 5.57 Å². The molecule has 15 heavy (non-hydrogen) atoms. The number of hydrogen-bond donors (Lipinski definition) is 0. The predicted octanol–water partition coefficient (Wildman–Crippen LogP) is 5.22. The van der Waals surface area contributed by atoms with E-state index in [2.05, 4.69) is 31.9 Å². The molecule has 0 N–H and O–H groups in total. The van der Waals surface area contributed by atoms with Gasteiger partial charge in [0.15, 0.2) is 0 Å². The highest BCUT2D eigenvalue weighted by Gasteiger charge is 1.84. The van der Waals surface area contributed by atoms with Gasteiger partial charge in [-0.2, -0.15) is 0 Å². The molecule has 84 valence electrons. The van der Waals surface area contributed by atoms with Gasteiger partial charge in [0.25, 0.3) is 0 Å². The zero-order chi connectivity index (χ0) is 11.9. The number of hydrogen-bond acceptors (Lipinski definition) is 0. The van der Waals surface area contributed by atoms with Crippen molar-refractivity contribution in [1.82, 2.24) is 0 Å². The Morgan fingerprint density at radius 1 is 1.20 bits per heavy atom. The summed E-state index contributed by atoms with van der Waals surface area (Å²) < 4.78 is 0. The molecule has 0 aromatic rings. The minimum Gasteiger partial charge on any atom is -0.0991 e. The normalized spacial score (nSPS) is 12.1. The SMILES string of the molecule is C1=CCCC1.C=CC(=C)C.C=CC=CC. The maximum absolute atomic E-state index is 3.56. The van der Waals surface area contributed by atoms with Gasteiger partial charge in [-0.25, -0.2) is 0 Å². The van der Waals surface area contributed by atoms with Crippen molar-refractivity contribution < 1.29 is 0 Å². The van der Waals surface area contributed by atoms with E-state index in [9.17, 15) is 0 Å². The van der Waals surface area contributed by atoms with E-state index >= 15 is 0 Å². The molecule has 0 aromatic carbocycles. The van der Waals surface area contributed by atoms with Gasteiger partial charge in [-0.15, -0.1) is 0 Å². The fraction of sp³-hybridized carbons (Fsp3) is 0.333. The van der Waals surface area contributed by atoms with Crippen LogP contribution in [0.5, 0.6) is 0 Å². The molecular formula is C15H24. The van der Waals surface area contributed by atoms with Crippen molar-refractivity contribution in [2.24, 2.45) is 0 Å². The van der Waals surface area contributed by atoms with Crippen LogP contribution in [0, 0.1) is 0 Å². The van der Waals surface area contributed by atoms with E-state index in [-0.39, 0.29) is 0 Å². The maximum Gasteiger partial charge on any atom is -0.0348 e. The summed E-state index contributed by atoms with van der Waals surface area (Å²) >= 11 is 0. The molecule has 0 aromatic heterocycles. The Bertz CT molecular complexity index is 210. The second kappa shape index (κ2) is 15.2. The summed E-state index contributed by atoms with van der Waals surface area (Å²) in [5, 5.41) is 0. The zero-order valence-corrected chi connectivity index (χ0v) is 10.2.